The normalized spacial score (nSPS) is 11.2. The van der Waals surface area contributed by atoms with E-state index in [9.17, 15) is 18.7 Å². The molecule has 1 aromatic heterocycles. The number of amides is 1. The molecule has 1 amide bonds. The number of hydrogen-bond donors (Lipinski definition) is 2. The number of thioether (sulfide) groups is 1. The van der Waals surface area contributed by atoms with Crippen LogP contribution in [0, 0.1) is 0 Å². The molecule has 0 unspecified atom stereocenters. The largest absolute Gasteiger partial charge is 0.507 e. The quantitative estimate of drug-likeness (QED) is 0.631. The third-order valence-electron chi connectivity index (χ3n) is 2.54. The SMILES string of the molecule is O=C(N/N=C\c1ccc(CSC(F)F)o1)c1ccccc1O. The van der Waals surface area contributed by atoms with Gasteiger partial charge in [-0.15, -0.1) is 0 Å². The Morgan fingerprint density at radius 2 is 2.14 bits per heavy atom. The summed E-state index contributed by atoms with van der Waals surface area (Å²) in [4.78, 5) is 11.7. The van der Waals surface area contributed by atoms with E-state index in [-0.39, 0.29) is 17.1 Å². The molecular formula is C14H12F2N2O3S. The maximum atomic E-state index is 12.0. The van der Waals surface area contributed by atoms with Gasteiger partial charge >= 0.3 is 0 Å². The number of nitrogens with zero attached hydrogens (tertiary/aromatic N) is 1. The number of hydrogen-bond acceptors (Lipinski definition) is 5. The summed E-state index contributed by atoms with van der Waals surface area (Å²) < 4.78 is 29.3. The van der Waals surface area contributed by atoms with Crippen molar-refractivity contribution in [3.8, 4) is 5.75 Å². The molecule has 0 spiro atoms. The number of phenolic OH excluding ortho intramolecular Hbond substituents is 1. The summed E-state index contributed by atoms with van der Waals surface area (Å²) in [5, 5.41) is 13.2. The minimum absolute atomic E-state index is 0.0513. The average molecular weight is 326 g/mol. The highest BCUT2D eigenvalue weighted by atomic mass is 32.2. The summed E-state index contributed by atoms with van der Waals surface area (Å²) in [7, 11) is 0. The van der Waals surface area contributed by atoms with Crippen molar-refractivity contribution in [3.63, 3.8) is 0 Å². The van der Waals surface area contributed by atoms with E-state index in [4.69, 9.17) is 4.42 Å². The van der Waals surface area contributed by atoms with E-state index in [1.54, 1.807) is 24.3 Å². The van der Waals surface area contributed by atoms with Gasteiger partial charge in [0.2, 0.25) is 0 Å². The Labute approximate surface area is 129 Å². The Hall–Kier alpha value is -2.35. The van der Waals surface area contributed by atoms with Crippen molar-refractivity contribution in [2.75, 3.05) is 0 Å². The highest BCUT2D eigenvalue weighted by Gasteiger charge is 2.09. The monoisotopic (exact) mass is 326 g/mol. The maximum Gasteiger partial charge on any atom is 0.284 e. The fourth-order valence-electron chi connectivity index (χ4n) is 1.57. The van der Waals surface area contributed by atoms with Gasteiger partial charge in [-0.1, -0.05) is 23.9 Å². The first kappa shape index (κ1) is 16.0. The van der Waals surface area contributed by atoms with Gasteiger partial charge in [0.15, 0.2) is 0 Å². The smallest absolute Gasteiger partial charge is 0.284 e. The second-order valence-electron chi connectivity index (χ2n) is 4.09. The van der Waals surface area contributed by atoms with Crippen LogP contribution in [0.4, 0.5) is 8.78 Å². The number of furan rings is 1. The van der Waals surface area contributed by atoms with E-state index in [0.717, 1.165) is 0 Å². The summed E-state index contributed by atoms with van der Waals surface area (Å²) in [5.74, 6) is -2.43. The maximum absolute atomic E-state index is 12.0. The summed E-state index contributed by atoms with van der Waals surface area (Å²) in [6, 6.07) is 9.15. The second kappa shape index (κ2) is 7.60. The molecule has 5 nitrogen and oxygen atoms in total. The standard InChI is InChI=1S/C14H12F2N2O3S/c15-14(16)22-8-10-6-5-9(21-10)7-17-18-13(20)11-3-1-2-4-12(11)19/h1-7,14,19H,8H2,(H,18,20)/b17-7-. The number of halogens is 2. The number of carbonyl (C=O) groups excluding carboxylic acids is 1. The molecule has 0 atom stereocenters. The molecule has 0 aliphatic carbocycles. The third-order valence-corrected chi connectivity index (χ3v) is 3.24. The fourth-order valence-corrected chi connectivity index (χ4v) is 2.01. The topological polar surface area (TPSA) is 74.8 Å². The molecule has 0 saturated carbocycles. The number of alkyl halides is 2. The first-order chi connectivity index (χ1) is 10.6. The number of rotatable bonds is 6. The Kier molecular flexibility index (Phi) is 5.54. The lowest BCUT2D eigenvalue weighted by Gasteiger charge is -2.01. The van der Waals surface area contributed by atoms with Crippen molar-refractivity contribution in [1.82, 2.24) is 5.43 Å². The van der Waals surface area contributed by atoms with Crippen molar-refractivity contribution >= 4 is 23.9 Å². The first-order valence-corrected chi connectivity index (χ1v) is 7.21. The van der Waals surface area contributed by atoms with Crippen LogP contribution in [0.25, 0.3) is 0 Å². The van der Waals surface area contributed by atoms with Crippen molar-refractivity contribution in [1.29, 1.82) is 0 Å². The number of phenols is 1. The summed E-state index contributed by atoms with van der Waals surface area (Å²) in [6.07, 6.45) is 1.24. The molecule has 8 heteroatoms. The predicted molar refractivity (Wildman–Crippen MR) is 79.2 cm³/mol. The Morgan fingerprint density at radius 1 is 1.36 bits per heavy atom. The van der Waals surface area contributed by atoms with Crippen LogP contribution in [0.5, 0.6) is 5.75 Å². The van der Waals surface area contributed by atoms with Gasteiger partial charge in [-0.3, -0.25) is 4.79 Å². The van der Waals surface area contributed by atoms with E-state index in [2.05, 4.69) is 10.5 Å². The molecule has 2 N–H and O–H groups in total. The van der Waals surface area contributed by atoms with Crippen LogP contribution in [0.3, 0.4) is 0 Å². The molecule has 0 fully saturated rings. The zero-order chi connectivity index (χ0) is 15.9. The van der Waals surface area contributed by atoms with E-state index in [1.807, 2.05) is 0 Å². The van der Waals surface area contributed by atoms with E-state index in [1.165, 1.54) is 18.3 Å². The molecule has 2 rings (SSSR count). The van der Waals surface area contributed by atoms with Gasteiger partial charge in [0.25, 0.3) is 11.7 Å². The molecule has 22 heavy (non-hydrogen) atoms. The van der Waals surface area contributed by atoms with Crippen molar-refractivity contribution in [3.05, 3.63) is 53.5 Å². The summed E-state index contributed by atoms with van der Waals surface area (Å²) >= 11 is 0.456. The molecule has 1 aromatic carbocycles. The van der Waals surface area contributed by atoms with Crippen LogP contribution in [0.1, 0.15) is 21.9 Å². The van der Waals surface area contributed by atoms with E-state index in [0.29, 0.717) is 23.3 Å². The van der Waals surface area contributed by atoms with Gasteiger partial charge in [-0.25, -0.2) is 5.43 Å². The molecule has 1 heterocycles. The van der Waals surface area contributed by atoms with Gasteiger partial charge in [0, 0.05) is 0 Å². The third kappa shape index (κ3) is 4.59. The lowest BCUT2D eigenvalue weighted by atomic mass is 10.2. The summed E-state index contributed by atoms with van der Waals surface area (Å²) in [5.41, 5.74) is 2.32. The van der Waals surface area contributed by atoms with Gasteiger partial charge in [-0.05, 0) is 24.3 Å². The highest BCUT2D eigenvalue weighted by Crippen LogP contribution is 2.20. The number of para-hydroxylation sites is 1. The molecule has 116 valence electrons. The number of carbonyl (C=O) groups is 1. The van der Waals surface area contributed by atoms with Crippen molar-refractivity contribution < 1.29 is 23.1 Å². The van der Waals surface area contributed by atoms with Crippen LogP contribution >= 0.6 is 11.8 Å². The van der Waals surface area contributed by atoms with Gasteiger partial charge in [0.05, 0.1) is 17.5 Å². The first-order valence-electron chi connectivity index (χ1n) is 6.16. The molecule has 0 aliphatic rings. The van der Waals surface area contributed by atoms with Gasteiger partial charge in [0.1, 0.15) is 17.3 Å². The van der Waals surface area contributed by atoms with Crippen LogP contribution in [-0.4, -0.2) is 23.0 Å². The van der Waals surface area contributed by atoms with Crippen LogP contribution in [-0.2, 0) is 5.75 Å². The van der Waals surface area contributed by atoms with Crippen molar-refractivity contribution in [2.45, 2.75) is 11.5 Å². The number of nitrogens with one attached hydrogen (secondary N) is 1. The molecule has 0 radical (unpaired) electrons. The Balaban J connectivity index is 1.90. The van der Waals surface area contributed by atoms with Crippen LogP contribution < -0.4 is 5.43 Å². The minimum Gasteiger partial charge on any atom is -0.507 e. The zero-order valence-electron chi connectivity index (χ0n) is 11.2. The van der Waals surface area contributed by atoms with Crippen LogP contribution in [0.15, 0.2) is 45.9 Å². The summed E-state index contributed by atoms with van der Waals surface area (Å²) in [6.45, 7) is 0. The average Bonchev–Trinajstić information content (AvgIpc) is 2.93. The van der Waals surface area contributed by atoms with Gasteiger partial charge in [-0.2, -0.15) is 13.9 Å². The molecule has 0 saturated heterocycles. The number of aromatic hydroxyl groups is 1. The van der Waals surface area contributed by atoms with E-state index < -0.39 is 11.7 Å². The van der Waals surface area contributed by atoms with Crippen molar-refractivity contribution in [2.24, 2.45) is 5.10 Å². The Morgan fingerprint density at radius 3 is 2.86 bits per heavy atom. The number of hydrazone groups is 1. The van der Waals surface area contributed by atoms with Crippen LogP contribution in [0.2, 0.25) is 0 Å². The minimum atomic E-state index is -2.46. The number of benzene rings is 1. The molecule has 0 aliphatic heterocycles. The molecule has 0 bridgehead atoms. The molecule has 2 aromatic rings. The lowest BCUT2D eigenvalue weighted by molar-refractivity contribution is 0.0952. The van der Waals surface area contributed by atoms with E-state index >= 15 is 0 Å². The zero-order valence-corrected chi connectivity index (χ0v) is 12.0. The molecular weight excluding hydrogens is 314 g/mol. The van der Waals surface area contributed by atoms with Gasteiger partial charge < -0.3 is 9.52 Å². The second-order valence-corrected chi connectivity index (χ2v) is 5.07. The fraction of sp³-hybridized carbons (Fsp3) is 0.143. The highest BCUT2D eigenvalue weighted by molar-refractivity contribution is 7.98. The lowest BCUT2D eigenvalue weighted by Crippen LogP contribution is -2.17. The predicted octanol–water partition coefficient (Wildman–Crippen LogP) is 3.20. The Bertz CT molecular complexity index is 674.